The number of carbonyl (C=O) groups is 1. The largest absolute Gasteiger partial charge is 0.466 e. The molecule has 0 heterocycles. The summed E-state index contributed by atoms with van der Waals surface area (Å²) in [4.78, 5) is 11.1. The topological polar surface area (TPSA) is 47.6 Å². The molecule has 1 N–H and O–H groups in total. The quantitative estimate of drug-likeness (QED) is 0.439. The molecular formula is C15H31NO3. The molecule has 0 aromatic rings. The number of ether oxygens (including phenoxy) is 2. The van der Waals surface area contributed by atoms with Crippen LogP contribution in [-0.4, -0.2) is 38.4 Å². The van der Waals surface area contributed by atoms with Gasteiger partial charge in [0.05, 0.1) is 13.2 Å². The van der Waals surface area contributed by atoms with Crippen molar-refractivity contribution >= 4 is 5.97 Å². The molecule has 0 fully saturated rings. The van der Waals surface area contributed by atoms with Gasteiger partial charge in [-0.2, -0.15) is 0 Å². The van der Waals surface area contributed by atoms with Crippen LogP contribution in [0.2, 0.25) is 0 Å². The van der Waals surface area contributed by atoms with Crippen molar-refractivity contribution in [2.45, 2.75) is 59.4 Å². The third-order valence-corrected chi connectivity index (χ3v) is 3.08. The highest BCUT2D eigenvalue weighted by atomic mass is 16.5. The molecule has 0 bridgehead atoms. The minimum absolute atomic E-state index is 0.0770. The molecule has 19 heavy (non-hydrogen) atoms. The van der Waals surface area contributed by atoms with Gasteiger partial charge < -0.3 is 14.8 Å². The van der Waals surface area contributed by atoms with Crippen molar-refractivity contribution in [2.75, 3.05) is 26.4 Å². The molecule has 0 spiro atoms. The van der Waals surface area contributed by atoms with Crippen LogP contribution in [0.5, 0.6) is 0 Å². The summed E-state index contributed by atoms with van der Waals surface area (Å²) in [6, 6.07) is 0.421. The van der Waals surface area contributed by atoms with Crippen molar-refractivity contribution in [1.29, 1.82) is 0 Å². The van der Waals surface area contributed by atoms with Crippen LogP contribution in [0.25, 0.3) is 0 Å². The molecule has 0 aliphatic carbocycles. The van der Waals surface area contributed by atoms with E-state index in [1.54, 1.807) is 0 Å². The van der Waals surface area contributed by atoms with Gasteiger partial charge in [-0.15, -0.1) is 0 Å². The summed E-state index contributed by atoms with van der Waals surface area (Å²) in [7, 11) is 0. The summed E-state index contributed by atoms with van der Waals surface area (Å²) in [6.07, 6.45) is 3.61. The summed E-state index contributed by atoms with van der Waals surface area (Å²) in [5.41, 5.74) is 0. The van der Waals surface area contributed by atoms with Crippen molar-refractivity contribution in [3.8, 4) is 0 Å². The summed E-state index contributed by atoms with van der Waals surface area (Å²) >= 11 is 0. The van der Waals surface area contributed by atoms with E-state index in [0.717, 1.165) is 39.0 Å². The Morgan fingerprint density at radius 2 is 1.84 bits per heavy atom. The fourth-order valence-corrected chi connectivity index (χ4v) is 1.82. The molecule has 0 aliphatic rings. The zero-order valence-corrected chi connectivity index (χ0v) is 13.0. The van der Waals surface area contributed by atoms with Gasteiger partial charge in [0.1, 0.15) is 0 Å². The molecule has 0 radical (unpaired) electrons. The maximum Gasteiger partial charge on any atom is 0.305 e. The molecule has 114 valence electrons. The second kappa shape index (κ2) is 12.4. The monoisotopic (exact) mass is 273 g/mol. The second-order valence-corrected chi connectivity index (χ2v) is 5.08. The van der Waals surface area contributed by atoms with E-state index >= 15 is 0 Å². The predicted molar refractivity (Wildman–Crippen MR) is 78.2 cm³/mol. The van der Waals surface area contributed by atoms with Crippen molar-refractivity contribution in [1.82, 2.24) is 5.32 Å². The molecule has 0 aliphatic heterocycles. The highest BCUT2D eigenvalue weighted by Gasteiger charge is 2.11. The number of unbranched alkanes of at least 4 members (excludes halogenated alkanes) is 2. The lowest BCUT2D eigenvalue weighted by Crippen LogP contribution is -2.38. The first-order valence-corrected chi connectivity index (χ1v) is 7.58. The number of hydrogen-bond acceptors (Lipinski definition) is 4. The standard InChI is InChI=1S/C15H31NO3/c1-5-18-12-14(13(3)4)16-11-9-7-8-10-15(17)19-6-2/h13-14,16H,5-12H2,1-4H3. The number of carbonyl (C=O) groups excluding carboxylic acids is 1. The molecule has 1 atom stereocenters. The van der Waals surface area contributed by atoms with Gasteiger partial charge in [-0.25, -0.2) is 0 Å². The van der Waals surface area contributed by atoms with E-state index in [1.165, 1.54) is 0 Å². The summed E-state index contributed by atoms with van der Waals surface area (Å²) in [5.74, 6) is 0.498. The van der Waals surface area contributed by atoms with Crippen LogP contribution in [0.3, 0.4) is 0 Å². The molecule has 0 saturated heterocycles. The summed E-state index contributed by atoms with van der Waals surface area (Å²) < 4.78 is 10.4. The molecule has 4 heteroatoms. The normalized spacial score (nSPS) is 12.7. The van der Waals surface area contributed by atoms with Crippen LogP contribution >= 0.6 is 0 Å². The minimum Gasteiger partial charge on any atom is -0.466 e. The van der Waals surface area contributed by atoms with Gasteiger partial charge in [0, 0.05) is 19.1 Å². The SMILES string of the molecule is CCOCC(NCCCCCC(=O)OCC)C(C)C. The number of esters is 1. The number of hydrogen-bond donors (Lipinski definition) is 1. The molecule has 0 amide bonds. The Morgan fingerprint density at radius 3 is 2.42 bits per heavy atom. The minimum atomic E-state index is -0.0770. The lowest BCUT2D eigenvalue weighted by Gasteiger charge is -2.22. The van der Waals surface area contributed by atoms with E-state index in [4.69, 9.17) is 9.47 Å². The smallest absolute Gasteiger partial charge is 0.305 e. The first kappa shape index (κ1) is 18.4. The van der Waals surface area contributed by atoms with E-state index in [0.29, 0.717) is 25.0 Å². The molecule has 0 saturated carbocycles. The van der Waals surface area contributed by atoms with Crippen molar-refractivity contribution in [3.63, 3.8) is 0 Å². The Bertz CT molecular complexity index is 219. The third-order valence-electron chi connectivity index (χ3n) is 3.08. The van der Waals surface area contributed by atoms with Crippen molar-refractivity contribution < 1.29 is 14.3 Å². The van der Waals surface area contributed by atoms with E-state index in [1.807, 2.05) is 13.8 Å². The average Bonchev–Trinajstić information content (AvgIpc) is 2.36. The lowest BCUT2D eigenvalue weighted by atomic mass is 10.1. The van der Waals surface area contributed by atoms with Gasteiger partial charge in [-0.1, -0.05) is 20.3 Å². The second-order valence-electron chi connectivity index (χ2n) is 5.08. The molecular weight excluding hydrogens is 242 g/mol. The number of nitrogens with one attached hydrogen (secondary N) is 1. The van der Waals surface area contributed by atoms with Gasteiger partial charge in [-0.3, -0.25) is 4.79 Å². The Hall–Kier alpha value is -0.610. The average molecular weight is 273 g/mol. The highest BCUT2D eigenvalue weighted by molar-refractivity contribution is 5.69. The number of rotatable bonds is 12. The Balaban J connectivity index is 3.52. The molecule has 4 nitrogen and oxygen atoms in total. The van der Waals surface area contributed by atoms with Crippen LogP contribution in [-0.2, 0) is 14.3 Å². The van der Waals surface area contributed by atoms with Crippen LogP contribution < -0.4 is 5.32 Å². The van der Waals surface area contributed by atoms with Crippen molar-refractivity contribution in [3.05, 3.63) is 0 Å². The van der Waals surface area contributed by atoms with E-state index in [-0.39, 0.29) is 5.97 Å². The predicted octanol–water partition coefficient (Wildman–Crippen LogP) is 2.76. The van der Waals surface area contributed by atoms with Gasteiger partial charge in [0.25, 0.3) is 0 Å². The van der Waals surface area contributed by atoms with Crippen molar-refractivity contribution in [2.24, 2.45) is 5.92 Å². The lowest BCUT2D eigenvalue weighted by molar-refractivity contribution is -0.143. The highest BCUT2D eigenvalue weighted by Crippen LogP contribution is 2.04. The van der Waals surface area contributed by atoms with E-state index in [2.05, 4.69) is 19.2 Å². The zero-order valence-electron chi connectivity index (χ0n) is 13.0. The van der Waals surface area contributed by atoms with Crippen LogP contribution in [0.1, 0.15) is 53.4 Å². The Labute approximate surface area is 118 Å². The van der Waals surface area contributed by atoms with Gasteiger partial charge in [-0.05, 0) is 39.2 Å². The first-order chi connectivity index (χ1) is 9.11. The fourth-order valence-electron chi connectivity index (χ4n) is 1.82. The fraction of sp³-hybridized carbons (Fsp3) is 0.933. The van der Waals surface area contributed by atoms with Gasteiger partial charge in [0.2, 0.25) is 0 Å². The van der Waals surface area contributed by atoms with Gasteiger partial charge in [0.15, 0.2) is 0 Å². The van der Waals surface area contributed by atoms with Gasteiger partial charge >= 0.3 is 5.97 Å². The Kier molecular flexibility index (Phi) is 12.0. The maximum atomic E-state index is 11.1. The first-order valence-electron chi connectivity index (χ1n) is 7.58. The molecule has 0 aromatic heterocycles. The Morgan fingerprint density at radius 1 is 1.11 bits per heavy atom. The zero-order chi connectivity index (χ0) is 14.5. The van der Waals surface area contributed by atoms with E-state index in [9.17, 15) is 4.79 Å². The van der Waals surface area contributed by atoms with Crippen LogP contribution in [0, 0.1) is 5.92 Å². The third kappa shape index (κ3) is 11.0. The van der Waals surface area contributed by atoms with E-state index < -0.39 is 0 Å². The van der Waals surface area contributed by atoms with Crippen LogP contribution in [0.4, 0.5) is 0 Å². The summed E-state index contributed by atoms with van der Waals surface area (Å²) in [5, 5.41) is 3.53. The summed E-state index contributed by atoms with van der Waals surface area (Å²) in [6.45, 7) is 11.3. The van der Waals surface area contributed by atoms with Crippen LogP contribution in [0.15, 0.2) is 0 Å². The molecule has 1 unspecified atom stereocenters. The molecule has 0 aromatic carbocycles. The molecule has 0 rings (SSSR count). The maximum absolute atomic E-state index is 11.1.